The summed E-state index contributed by atoms with van der Waals surface area (Å²) in [6.45, 7) is 0. The van der Waals surface area contributed by atoms with Gasteiger partial charge in [0, 0.05) is 6.07 Å². The van der Waals surface area contributed by atoms with Crippen LogP contribution in [0.4, 0.5) is 0 Å². The number of pyridine rings is 1. The van der Waals surface area contributed by atoms with E-state index in [1.165, 1.54) is 11.3 Å². The van der Waals surface area contributed by atoms with Crippen LogP contribution in [0.1, 0.15) is 0 Å². The lowest BCUT2D eigenvalue weighted by atomic mass is 10.4. The Labute approximate surface area is 73.8 Å². The average Bonchev–Trinajstić information content (AvgIpc) is 2.50. The number of ether oxygens (including phenoxy) is 1. The van der Waals surface area contributed by atoms with Crippen LogP contribution < -0.4 is 10.9 Å². The van der Waals surface area contributed by atoms with E-state index in [0.717, 1.165) is 10.3 Å². The molecule has 2 rings (SSSR count). The van der Waals surface area contributed by atoms with Gasteiger partial charge in [0.2, 0.25) is 5.88 Å². The molecule has 0 radical (unpaired) electrons. The fraction of sp³-hybridized carbons (Fsp3) is 0.143. The van der Waals surface area contributed by atoms with Gasteiger partial charge in [-0.05, 0) is 6.07 Å². The summed E-state index contributed by atoms with van der Waals surface area (Å²) >= 11 is 1.51. The Bertz CT molecular complexity index is 373. The zero-order chi connectivity index (χ0) is 7.68. The topological polar surface area (TPSA) is 70.0 Å². The van der Waals surface area contributed by atoms with Crippen LogP contribution in [0.5, 0.6) is 5.88 Å². The zero-order valence-electron chi connectivity index (χ0n) is 6.65. The van der Waals surface area contributed by atoms with Gasteiger partial charge in [-0.15, -0.1) is 11.3 Å². The highest BCUT2D eigenvalue weighted by Crippen LogP contribution is 2.18. The molecule has 0 spiro atoms. The van der Waals surface area contributed by atoms with Crippen molar-refractivity contribution in [3.63, 3.8) is 0 Å². The second kappa shape index (κ2) is 3.46. The maximum absolute atomic E-state index is 4.96. The van der Waals surface area contributed by atoms with Crippen LogP contribution in [0, 0.1) is 0 Å². The van der Waals surface area contributed by atoms with Crippen LogP contribution in [0.3, 0.4) is 0 Å². The summed E-state index contributed by atoms with van der Waals surface area (Å²) < 4.78 is 4.96. The molecule has 0 unspecified atom stereocenters. The maximum Gasteiger partial charge on any atom is 0.214 e. The van der Waals surface area contributed by atoms with Crippen molar-refractivity contribution in [1.82, 2.24) is 16.1 Å². The first kappa shape index (κ1) is 8.89. The van der Waals surface area contributed by atoms with E-state index >= 15 is 0 Å². The van der Waals surface area contributed by atoms with E-state index in [9.17, 15) is 0 Å². The fourth-order valence-corrected chi connectivity index (χ4v) is 1.50. The fourth-order valence-electron chi connectivity index (χ4n) is 0.848. The van der Waals surface area contributed by atoms with Crippen molar-refractivity contribution < 1.29 is 4.74 Å². The Morgan fingerprint density at radius 1 is 1.42 bits per heavy atom. The molecule has 0 fully saturated rings. The smallest absolute Gasteiger partial charge is 0.214 e. The molecule has 0 bridgehead atoms. The van der Waals surface area contributed by atoms with Crippen molar-refractivity contribution in [2.45, 2.75) is 0 Å². The predicted molar refractivity (Wildman–Crippen MR) is 49.0 cm³/mol. The molecule has 2 aromatic rings. The summed E-state index contributed by atoms with van der Waals surface area (Å²) in [5.41, 5.74) is 2.70. The molecule has 0 saturated heterocycles. The molecule has 0 atom stereocenters. The normalized spacial score (nSPS) is 9.42. The zero-order valence-corrected chi connectivity index (χ0v) is 7.47. The summed E-state index contributed by atoms with van der Waals surface area (Å²) in [6.07, 6.45) is 0. The lowest BCUT2D eigenvalue weighted by molar-refractivity contribution is 0.400. The van der Waals surface area contributed by atoms with Crippen LogP contribution in [0.15, 0.2) is 17.6 Å². The molecule has 0 aliphatic heterocycles. The third-order valence-corrected chi connectivity index (χ3v) is 2.11. The van der Waals surface area contributed by atoms with E-state index in [1.54, 1.807) is 12.6 Å². The summed E-state index contributed by atoms with van der Waals surface area (Å²) in [7, 11) is 1.61. The van der Waals surface area contributed by atoms with E-state index < -0.39 is 0 Å². The first-order chi connectivity index (χ1) is 5.40. The molecule has 0 amide bonds. The second-order valence-electron chi connectivity index (χ2n) is 2.03. The monoisotopic (exact) mass is 183 g/mol. The molecule has 3 N–H and O–H groups in total. The van der Waals surface area contributed by atoms with E-state index in [0.29, 0.717) is 5.88 Å². The minimum atomic E-state index is 0. The van der Waals surface area contributed by atoms with Gasteiger partial charge in [-0.1, -0.05) is 0 Å². The van der Waals surface area contributed by atoms with Gasteiger partial charge >= 0.3 is 0 Å². The second-order valence-corrected chi connectivity index (χ2v) is 2.86. The summed E-state index contributed by atoms with van der Waals surface area (Å²) in [5, 5.41) is 0. The predicted octanol–water partition coefficient (Wildman–Crippen LogP) is 1.86. The Kier molecular flexibility index (Phi) is 2.57. The van der Waals surface area contributed by atoms with Crippen LogP contribution in [0.2, 0.25) is 0 Å². The Morgan fingerprint density at radius 2 is 2.25 bits per heavy atom. The Hall–Kier alpha value is -1.20. The summed E-state index contributed by atoms with van der Waals surface area (Å²) in [4.78, 5) is 9.20. The minimum absolute atomic E-state index is 0. The van der Waals surface area contributed by atoms with Crippen molar-refractivity contribution in [1.29, 1.82) is 0 Å². The van der Waals surface area contributed by atoms with Crippen molar-refractivity contribution in [3.8, 4) is 5.88 Å². The third kappa shape index (κ3) is 1.37. The minimum Gasteiger partial charge on any atom is -0.481 e. The van der Waals surface area contributed by atoms with Crippen LogP contribution in [-0.2, 0) is 0 Å². The highest BCUT2D eigenvalue weighted by Gasteiger charge is 1.98. The largest absolute Gasteiger partial charge is 0.481 e. The van der Waals surface area contributed by atoms with E-state index in [4.69, 9.17) is 4.74 Å². The van der Waals surface area contributed by atoms with Crippen molar-refractivity contribution in [3.05, 3.63) is 17.6 Å². The molecule has 5 heteroatoms. The lowest BCUT2D eigenvalue weighted by Gasteiger charge is -1.95. The van der Waals surface area contributed by atoms with Gasteiger partial charge in [0.15, 0.2) is 0 Å². The molecular weight excluding hydrogens is 174 g/mol. The third-order valence-electron chi connectivity index (χ3n) is 1.38. The molecule has 0 aliphatic rings. The Balaban J connectivity index is 0.000000720. The first-order valence-electron chi connectivity index (χ1n) is 3.14. The summed E-state index contributed by atoms with van der Waals surface area (Å²) in [6, 6.07) is 3.71. The number of hydrogen-bond acceptors (Lipinski definition) is 5. The highest BCUT2D eigenvalue weighted by molar-refractivity contribution is 7.16. The number of nitrogens with zero attached hydrogens (tertiary/aromatic N) is 2. The average molecular weight is 183 g/mol. The SMILES string of the molecule is COc1ccc2ncsc2n1.N. The van der Waals surface area contributed by atoms with Gasteiger partial charge in [-0.2, -0.15) is 0 Å². The van der Waals surface area contributed by atoms with Crippen molar-refractivity contribution in [2.75, 3.05) is 7.11 Å². The van der Waals surface area contributed by atoms with Crippen LogP contribution >= 0.6 is 11.3 Å². The van der Waals surface area contributed by atoms with Gasteiger partial charge in [0.1, 0.15) is 10.3 Å². The number of fused-ring (bicyclic) bond motifs is 1. The van der Waals surface area contributed by atoms with Crippen LogP contribution in [-0.4, -0.2) is 17.1 Å². The number of thiazole rings is 1. The standard InChI is InChI=1S/C7H6N2OS.H3N/c1-10-6-3-2-5-7(9-6)11-4-8-5;/h2-4H,1H3;1H3. The van der Waals surface area contributed by atoms with E-state index in [-0.39, 0.29) is 6.15 Å². The molecule has 0 aliphatic carbocycles. The van der Waals surface area contributed by atoms with E-state index in [2.05, 4.69) is 9.97 Å². The molecule has 2 heterocycles. The molecule has 12 heavy (non-hydrogen) atoms. The van der Waals surface area contributed by atoms with Gasteiger partial charge in [0.25, 0.3) is 0 Å². The maximum atomic E-state index is 4.96. The molecule has 64 valence electrons. The number of aromatic nitrogens is 2. The molecular formula is C7H9N3OS. The van der Waals surface area contributed by atoms with Gasteiger partial charge < -0.3 is 10.9 Å². The highest BCUT2D eigenvalue weighted by atomic mass is 32.1. The Morgan fingerprint density at radius 3 is 3.00 bits per heavy atom. The number of hydrogen-bond donors (Lipinski definition) is 1. The molecule has 0 saturated carbocycles. The molecule has 2 aromatic heterocycles. The number of methoxy groups -OCH3 is 1. The van der Waals surface area contributed by atoms with Gasteiger partial charge in [-0.25, -0.2) is 9.97 Å². The van der Waals surface area contributed by atoms with Gasteiger partial charge in [0.05, 0.1) is 12.6 Å². The number of rotatable bonds is 1. The van der Waals surface area contributed by atoms with E-state index in [1.807, 2.05) is 12.1 Å². The first-order valence-corrected chi connectivity index (χ1v) is 4.02. The van der Waals surface area contributed by atoms with Crippen molar-refractivity contribution in [2.24, 2.45) is 0 Å². The quantitative estimate of drug-likeness (QED) is 0.732. The molecule has 0 aromatic carbocycles. The lowest BCUT2D eigenvalue weighted by Crippen LogP contribution is -1.85. The molecule has 4 nitrogen and oxygen atoms in total. The van der Waals surface area contributed by atoms with Crippen LogP contribution in [0.25, 0.3) is 10.3 Å². The van der Waals surface area contributed by atoms with Crippen molar-refractivity contribution >= 4 is 21.7 Å². The summed E-state index contributed by atoms with van der Waals surface area (Å²) in [5.74, 6) is 0.641. The van der Waals surface area contributed by atoms with Gasteiger partial charge in [-0.3, -0.25) is 0 Å².